The Labute approximate surface area is 93.6 Å². The smallest absolute Gasteiger partial charge is 0.228 e. The molecular weight excluding hydrogens is 188 g/mol. The van der Waals surface area contributed by atoms with Gasteiger partial charge in [0.25, 0.3) is 0 Å². The summed E-state index contributed by atoms with van der Waals surface area (Å²) < 4.78 is 0. The van der Waals surface area contributed by atoms with Crippen molar-refractivity contribution in [1.82, 2.24) is 4.90 Å². The lowest BCUT2D eigenvalue weighted by Crippen LogP contribution is -2.38. The number of carbonyl (C=O) groups is 1. The van der Waals surface area contributed by atoms with E-state index < -0.39 is 0 Å². The molecule has 1 amide bonds. The monoisotopic (exact) mass is 212 g/mol. The van der Waals surface area contributed by atoms with Crippen molar-refractivity contribution in [3.63, 3.8) is 0 Å². The SMILES string of the molecule is CN=C(C(C)C)N(C)C(=O)CC(C)(C)C. The van der Waals surface area contributed by atoms with Crippen LogP contribution in [0.15, 0.2) is 4.99 Å². The molecule has 0 aromatic carbocycles. The summed E-state index contributed by atoms with van der Waals surface area (Å²) >= 11 is 0. The van der Waals surface area contributed by atoms with Crippen molar-refractivity contribution in [3.05, 3.63) is 0 Å². The van der Waals surface area contributed by atoms with E-state index in [2.05, 4.69) is 25.8 Å². The van der Waals surface area contributed by atoms with Crippen LogP contribution in [0, 0.1) is 11.3 Å². The van der Waals surface area contributed by atoms with Gasteiger partial charge in [-0.15, -0.1) is 0 Å². The van der Waals surface area contributed by atoms with Crippen LogP contribution in [0.2, 0.25) is 0 Å². The van der Waals surface area contributed by atoms with Crippen molar-refractivity contribution >= 4 is 11.7 Å². The zero-order chi connectivity index (χ0) is 12.2. The molecule has 0 saturated heterocycles. The van der Waals surface area contributed by atoms with Crippen molar-refractivity contribution in [1.29, 1.82) is 0 Å². The first-order chi connectivity index (χ1) is 6.69. The van der Waals surface area contributed by atoms with E-state index in [4.69, 9.17) is 0 Å². The maximum Gasteiger partial charge on any atom is 0.228 e. The molecule has 0 rings (SSSR count). The Morgan fingerprint density at radius 2 is 1.80 bits per heavy atom. The molecule has 3 heteroatoms. The highest BCUT2D eigenvalue weighted by Gasteiger charge is 2.22. The summed E-state index contributed by atoms with van der Waals surface area (Å²) in [5.74, 6) is 1.27. The van der Waals surface area contributed by atoms with E-state index in [1.807, 2.05) is 13.8 Å². The van der Waals surface area contributed by atoms with Crippen LogP contribution >= 0.6 is 0 Å². The average molecular weight is 212 g/mol. The third kappa shape index (κ3) is 4.96. The highest BCUT2D eigenvalue weighted by molar-refractivity contribution is 5.98. The summed E-state index contributed by atoms with van der Waals surface area (Å²) in [6.45, 7) is 10.3. The molecular formula is C12H24N2O. The molecule has 0 spiro atoms. The average Bonchev–Trinajstić information content (AvgIpc) is 2.01. The second-order valence-electron chi connectivity index (χ2n) is 5.43. The molecule has 0 radical (unpaired) electrons. The van der Waals surface area contributed by atoms with E-state index in [9.17, 15) is 4.79 Å². The standard InChI is InChI=1S/C12H24N2O/c1-9(2)11(13-6)14(7)10(15)8-12(3,4)5/h9H,8H2,1-7H3. The van der Waals surface area contributed by atoms with Crippen molar-refractivity contribution in [3.8, 4) is 0 Å². The third-order valence-corrected chi connectivity index (χ3v) is 2.14. The van der Waals surface area contributed by atoms with Gasteiger partial charge in [-0.2, -0.15) is 0 Å². The van der Waals surface area contributed by atoms with E-state index in [0.717, 1.165) is 5.84 Å². The second kappa shape index (κ2) is 5.29. The van der Waals surface area contributed by atoms with Crippen molar-refractivity contribution in [2.75, 3.05) is 14.1 Å². The quantitative estimate of drug-likeness (QED) is 0.511. The van der Waals surface area contributed by atoms with E-state index in [0.29, 0.717) is 6.42 Å². The minimum absolute atomic E-state index is 0.0289. The molecule has 0 N–H and O–H groups in total. The predicted octanol–water partition coefficient (Wildman–Crippen LogP) is 2.57. The van der Waals surface area contributed by atoms with Gasteiger partial charge >= 0.3 is 0 Å². The first kappa shape index (κ1) is 14.1. The van der Waals surface area contributed by atoms with E-state index in [-0.39, 0.29) is 17.2 Å². The molecule has 0 aromatic rings. The molecule has 0 atom stereocenters. The van der Waals surface area contributed by atoms with Gasteiger partial charge in [-0.05, 0) is 5.41 Å². The largest absolute Gasteiger partial charge is 0.304 e. The van der Waals surface area contributed by atoms with E-state index >= 15 is 0 Å². The van der Waals surface area contributed by atoms with E-state index in [1.54, 1.807) is 19.0 Å². The van der Waals surface area contributed by atoms with Gasteiger partial charge in [0.2, 0.25) is 5.91 Å². The van der Waals surface area contributed by atoms with Crippen LogP contribution in [0.4, 0.5) is 0 Å². The molecule has 3 nitrogen and oxygen atoms in total. The lowest BCUT2D eigenvalue weighted by molar-refractivity contribution is -0.128. The minimum atomic E-state index is 0.0289. The number of carbonyl (C=O) groups excluding carboxylic acids is 1. The van der Waals surface area contributed by atoms with Crippen molar-refractivity contribution in [2.45, 2.75) is 41.0 Å². The fraction of sp³-hybridized carbons (Fsp3) is 0.833. The molecule has 0 aliphatic carbocycles. The fourth-order valence-electron chi connectivity index (χ4n) is 1.50. The van der Waals surface area contributed by atoms with Gasteiger partial charge in [0.15, 0.2) is 0 Å². The summed E-state index contributed by atoms with van der Waals surface area (Å²) in [5, 5.41) is 0. The van der Waals surface area contributed by atoms with Crippen LogP contribution in [0.25, 0.3) is 0 Å². The first-order valence-corrected chi connectivity index (χ1v) is 5.42. The summed E-state index contributed by atoms with van der Waals surface area (Å²) in [7, 11) is 3.53. The molecule has 88 valence electrons. The number of rotatable bonds is 2. The highest BCUT2D eigenvalue weighted by Crippen LogP contribution is 2.20. The van der Waals surface area contributed by atoms with Gasteiger partial charge in [-0.25, -0.2) is 0 Å². The van der Waals surface area contributed by atoms with Gasteiger partial charge in [0.1, 0.15) is 5.84 Å². The summed E-state index contributed by atoms with van der Waals surface area (Å²) in [6, 6.07) is 0. The minimum Gasteiger partial charge on any atom is -0.304 e. The normalized spacial score (nSPS) is 13.2. The number of nitrogens with zero attached hydrogens (tertiary/aromatic N) is 2. The van der Waals surface area contributed by atoms with Gasteiger partial charge in [0.05, 0.1) is 0 Å². The molecule has 0 saturated carbocycles. The number of hydrogen-bond acceptors (Lipinski definition) is 2. The van der Waals surface area contributed by atoms with E-state index in [1.165, 1.54) is 0 Å². The Hall–Kier alpha value is -0.860. The zero-order valence-electron chi connectivity index (χ0n) is 11.1. The molecule has 0 unspecified atom stereocenters. The number of hydrogen-bond donors (Lipinski definition) is 0. The summed E-state index contributed by atoms with van der Waals surface area (Å²) in [6.07, 6.45) is 0.551. The van der Waals surface area contributed by atoms with Gasteiger partial charge in [-0.1, -0.05) is 34.6 Å². The van der Waals surface area contributed by atoms with Crippen LogP contribution < -0.4 is 0 Å². The van der Waals surface area contributed by atoms with Gasteiger partial charge < -0.3 is 4.90 Å². The Morgan fingerprint density at radius 1 is 1.33 bits per heavy atom. The molecule has 0 aromatic heterocycles. The number of aliphatic imine (C=N–C) groups is 1. The van der Waals surface area contributed by atoms with Crippen molar-refractivity contribution < 1.29 is 4.79 Å². The van der Waals surface area contributed by atoms with Crippen LogP contribution in [0.3, 0.4) is 0 Å². The van der Waals surface area contributed by atoms with Crippen molar-refractivity contribution in [2.24, 2.45) is 16.3 Å². The molecule has 0 bridgehead atoms. The molecule has 0 heterocycles. The van der Waals surface area contributed by atoms with Crippen LogP contribution in [-0.4, -0.2) is 30.7 Å². The van der Waals surface area contributed by atoms with Crippen LogP contribution in [0.1, 0.15) is 41.0 Å². The molecule has 0 fully saturated rings. The predicted molar refractivity (Wildman–Crippen MR) is 65.0 cm³/mol. The summed E-state index contributed by atoms with van der Waals surface area (Å²) in [5.41, 5.74) is 0.0289. The Kier molecular flexibility index (Phi) is 4.98. The molecule has 0 aliphatic heterocycles. The Morgan fingerprint density at radius 3 is 2.07 bits per heavy atom. The Balaban J connectivity index is 4.58. The maximum atomic E-state index is 11.9. The first-order valence-electron chi connectivity index (χ1n) is 5.42. The van der Waals surface area contributed by atoms with Gasteiger partial charge in [-0.3, -0.25) is 9.79 Å². The molecule has 15 heavy (non-hydrogen) atoms. The number of amides is 1. The molecule has 0 aliphatic rings. The summed E-state index contributed by atoms with van der Waals surface area (Å²) in [4.78, 5) is 17.7. The van der Waals surface area contributed by atoms with Gasteiger partial charge in [0, 0.05) is 26.4 Å². The third-order valence-electron chi connectivity index (χ3n) is 2.14. The second-order valence-corrected chi connectivity index (χ2v) is 5.43. The highest BCUT2D eigenvalue weighted by atomic mass is 16.2. The topological polar surface area (TPSA) is 32.7 Å². The fourth-order valence-corrected chi connectivity index (χ4v) is 1.50. The maximum absolute atomic E-state index is 11.9. The van der Waals surface area contributed by atoms with Crippen LogP contribution in [0.5, 0.6) is 0 Å². The number of amidine groups is 1. The Bertz CT molecular complexity index is 249. The van der Waals surface area contributed by atoms with Crippen LogP contribution in [-0.2, 0) is 4.79 Å². The lowest BCUT2D eigenvalue weighted by atomic mass is 9.91. The zero-order valence-corrected chi connectivity index (χ0v) is 11.1. The lowest BCUT2D eigenvalue weighted by Gasteiger charge is -2.25.